The molecule has 0 amide bonds. The Kier molecular flexibility index (Phi) is 5.17. The molecule has 5 heteroatoms. The molecule has 0 heterocycles. The molecule has 98 valence electrons. The predicted octanol–water partition coefficient (Wildman–Crippen LogP) is 1.80. The van der Waals surface area contributed by atoms with Gasteiger partial charge in [0.1, 0.15) is 5.75 Å². The van der Waals surface area contributed by atoms with E-state index in [0.717, 1.165) is 11.3 Å². The third-order valence-electron chi connectivity index (χ3n) is 2.69. The Hall–Kier alpha value is -2.04. The van der Waals surface area contributed by atoms with E-state index in [0.29, 0.717) is 12.8 Å². The van der Waals surface area contributed by atoms with Crippen LogP contribution in [0, 0.1) is 5.92 Å². The number of benzene rings is 1. The van der Waals surface area contributed by atoms with Gasteiger partial charge in [0.2, 0.25) is 0 Å². The molecule has 1 aromatic carbocycles. The Labute approximate surface area is 105 Å². The number of rotatable bonds is 7. The monoisotopic (exact) mass is 252 g/mol. The molecule has 18 heavy (non-hydrogen) atoms. The number of methoxy groups -OCH3 is 1. The Morgan fingerprint density at radius 1 is 1.28 bits per heavy atom. The lowest BCUT2D eigenvalue weighted by molar-refractivity contribution is -0.154. The van der Waals surface area contributed by atoms with E-state index >= 15 is 0 Å². The summed E-state index contributed by atoms with van der Waals surface area (Å²) in [6, 6.07) is 7.43. The molecule has 0 aliphatic carbocycles. The molecular weight excluding hydrogens is 236 g/mol. The summed E-state index contributed by atoms with van der Waals surface area (Å²) in [5.41, 5.74) is 1.00. The van der Waals surface area contributed by atoms with E-state index in [2.05, 4.69) is 0 Å². The van der Waals surface area contributed by atoms with E-state index in [1.165, 1.54) is 0 Å². The molecule has 0 aliphatic rings. The van der Waals surface area contributed by atoms with Crippen molar-refractivity contribution in [2.75, 3.05) is 7.11 Å². The van der Waals surface area contributed by atoms with Crippen LogP contribution in [0.3, 0.4) is 0 Å². The second-order valence-electron chi connectivity index (χ2n) is 3.97. The molecule has 5 nitrogen and oxygen atoms in total. The van der Waals surface area contributed by atoms with E-state index in [4.69, 9.17) is 14.9 Å². The fraction of sp³-hybridized carbons (Fsp3) is 0.385. The zero-order valence-electron chi connectivity index (χ0n) is 10.1. The molecule has 1 rings (SSSR count). The van der Waals surface area contributed by atoms with Gasteiger partial charge < -0.3 is 14.9 Å². The van der Waals surface area contributed by atoms with Gasteiger partial charge in [-0.2, -0.15) is 0 Å². The summed E-state index contributed by atoms with van der Waals surface area (Å²) in [5.74, 6) is -3.16. The fourth-order valence-corrected chi connectivity index (χ4v) is 1.69. The fourth-order valence-electron chi connectivity index (χ4n) is 1.69. The molecule has 0 saturated heterocycles. The molecule has 0 unspecified atom stereocenters. The number of hydrogen-bond acceptors (Lipinski definition) is 3. The highest BCUT2D eigenvalue weighted by Gasteiger charge is 2.24. The second-order valence-corrected chi connectivity index (χ2v) is 3.97. The van der Waals surface area contributed by atoms with Crippen LogP contribution in [-0.4, -0.2) is 29.3 Å². The highest BCUT2D eigenvalue weighted by Crippen LogP contribution is 2.16. The molecule has 0 aliphatic heterocycles. The van der Waals surface area contributed by atoms with Crippen molar-refractivity contribution in [1.29, 1.82) is 0 Å². The number of aryl methyl sites for hydroxylation is 1. The largest absolute Gasteiger partial charge is 0.497 e. The number of carboxylic acids is 2. The van der Waals surface area contributed by atoms with Crippen molar-refractivity contribution in [3.8, 4) is 5.75 Å². The Morgan fingerprint density at radius 3 is 2.50 bits per heavy atom. The van der Waals surface area contributed by atoms with Crippen LogP contribution in [0.15, 0.2) is 24.3 Å². The Bertz CT molecular complexity index is 413. The van der Waals surface area contributed by atoms with Crippen molar-refractivity contribution in [3.63, 3.8) is 0 Å². The number of hydrogen-bond donors (Lipinski definition) is 2. The van der Waals surface area contributed by atoms with Gasteiger partial charge in [-0.05, 0) is 37.0 Å². The van der Waals surface area contributed by atoms with E-state index in [-0.39, 0.29) is 6.42 Å². The number of carboxylic acid groups (broad SMARTS) is 2. The third kappa shape index (κ3) is 4.08. The second kappa shape index (κ2) is 6.64. The molecule has 2 N–H and O–H groups in total. The summed E-state index contributed by atoms with van der Waals surface area (Å²) >= 11 is 0. The average molecular weight is 252 g/mol. The number of ether oxygens (including phenoxy) is 1. The maximum atomic E-state index is 10.7. The highest BCUT2D eigenvalue weighted by atomic mass is 16.5. The molecule has 1 aromatic rings. The van der Waals surface area contributed by atoms with Gasteiger partial charge >= 0.3 is 11.9 Å². The summed E-state index contributed by atoms with van der Waals surface area (Å²) in [5, 5.41) is 17.4. The SMILES string of the molecule is COc1cccc(CCCC(C(=O)O)C(=O)O)c1. The molecule has 0 radical (unpaired) electrons. The zero-order valence-corrected chi connectivity index (χ0v) is 10.1. The number of carbonyl (C=O) groups is 2. The summed E-state index contributed by atoms with van der Waals surface area (Å²) in [4.78, 5) is 21.4. The first-order valence-electron chi connectivity index (χ1n) is 5.63. The van der Waals surface area contributed by atoms with Crippen molar-refractivity contribution in [3.05, 3.63) is 29.8 Å². The molecule has 0 spiro atoms. The Balaban J connectivity index is 2.49. The smallest absolute Gasteiger partial charge is 0.317 e. The van der Waals surface area contributed by atoms with Gasteiger partial charge in [0, 0.05) is 0 Å². The van der Waals surface area contributed by atoms with Crippen LogP contribution in [0.1, 0.15) is 18.4 Å². The van der Waals surface area contributed by atoms with Crippen molar-refractivity contribution in [2.24, 2.45) is 5.92 Å². The lowest BCUT2D eigenvalue weighted by Gasteiger charge is -2.07. The summed E-state index contributed by atoms with van der Waals surface area (Å²) in [7, 11) is 1.57. The number of aliphatic carboxylic acids is 2. The first kappa shape index (κ1) is 14.0. The van der Waals surface area contributed by atoms with Crippen LogP contribution < -0.4 is 4.74 Å². The molecular formula is C13H16O5. The lowest BCUT2D eigenvalue weighted by Crippen LogP contribution is -2.23. The molecule has 0 atom stereocenters. The van der Waals surface area contributed by atoms with E-state index < -0.39 is 17.9 Å². The van der Waals surface area contributed by atoms with Gasteiger partial charge in [-0.25, -0.2) is 0 Å². The van der Waals surface area contributed by atoms with Crippen molar-refractivity contribution < 1.29 is 24.5 Å². The molecule has 0 bridgehead atoms. The minimum atomic E-state index is -1.32. The maximum absolute atomic E-state index is 10.7. The predicted molar refractivity (Wildman–Crippen MR) is 64.7 cm³/mol. The van der Waals surface area contributed by atoms with Crippen molar-refractivity contribution in [1.82, 2.24) is 0 Å². The van der Waals surface area contributed by atoms with Gasteiger partial charge in [0.25, 0.3) is 0 Å². The zero-order chi connectivity index (χ0) is 13.5. The molecule has 0 aromatic heterocycles. The minimum absolute atomic E-state index is 0.127. The van der Waals surface area contributed by atoms with Crippen LogP contribution >= 0.6 is 0 Å². The Morgan fingerprint density at radius 2 is 1.94 bits per heavy atom. The molecule has 0 fully saturated rings. The first-order valence-corrected chi connectivity index (χ1v) is 5.63. The van der Waals surface area contributed by atoms with Crippen LogP contribution in [0.25, 0.3) is 0 Å². The summed E-state index contributed by atoms with van der Waals surface area (Å²) in [6.07, 6.45) is 1.27. The van der Waals surface area contributed by atoms with Gasteiger partial charge in [-0.1, -0.05) is 12.1 Å². The quantitative estimate of drug-likeness (QED) is 0.723. The van der Waals surface area contributed by atoms with Crippen molar-refractivity contribution >= 4 is 11.9 Å². The van der Waals surface area contributed by atoms with E-state index in [9.17, 15) is 9.59 Å². The van der Waals surface area contributed by atoms with Crippen LogP contribution in [-0.2, 0) is 16.0 Å². The van der Waals surface area contributed by atoms with Gasteiger partial charge in [0.15, 0.2) is 5.92 Å². The van der Waals surface area contributed by atoms with E-state index in [1.54, 1.807) is 7.11 Å². The third-order valence-corrected chi connectivity index (χ3v) is 2.69. The standard InChI is InChI=1S/C13H16O5/c1-18-10-6-2-4-9(8-10)5-3-7-11(12(14)15)13(16)17/h2,4,6,8,11H,3,5,7H2,1H3,(H,14,15)(H,16,17). The highest BCUT2D eigenvalue weighted by molar-refractivity contribution is 5.92. The van der Waals surface area contributed by atoms with Crippen LogP contribution in [0.2, 0.25) is 0 Å². The molecule has 0 saturated carbocycles. The van der Waals surface area contributed by atoms with Crippen molar-refractivity contribution in [2.45, 2.75) is 19.3 Å². The normalized spacial score (nSPS) is 10.3. The maximum Gasteiger partial charge on any atom is 0.317 e. The van der Waals surface area contributed by atoms with Gasteiger partial charge in [-0.3, -0.25) is 9.59 Å². The van der Waals surface area contributed by atoms with E-state index in [1.807, 2.05) is 24.3 Å². The first-order chi connectivity index (χ1) is 8.54. The summed E-state index contributed by atoms with van der Waals surface area (Å²) < 4.78 is 5.07. The average Bonchev–Trinajstić information content (AvgIpc) is 2.34. The summed E-state index contributed by atoms with van der Waals surface area (Å²) in [6.45, 7) is 0. The van der Waals surface area contributed by atoms with Gasteiger partial charge in [0.05, 0.1) is 7.11 Å². The van der Waals surface area contributed by atoms with Gasteiger partial charge in [-0.15, -0.1) is 0 Å². The van der Waals surface area contributed by atoms with Crippen LogP contribution in [0.4, 0.5) is 0 Å². The lowest BCUT2D eigenvalue weighted by atomic mass is 10.00. The minimum Gasteiger partial charge on any atom is -0.497 e. The topological polar surface area (TPSA) is 83.8 Å². The van der Waals surface area contributed by atoms with Crippen LogP contribution in [0.5, 0.6) is 5.75 Å².